The minimum atomic E-state index is -0.0219. The van der Waals surface area contributed by atoms with Crippen LogP contribution in [0.3, 0.4) is 0 Å². The standard InChI is InChI=1S/C22H14N2O.Al/c25-22-18-9-4-7-15-6-3-8-17(21(15)18)20(24-22)13-16-12-11-14-5-1-2-10-19(14)23-16;/h1-13H,(H,23,24,25);/q;+1/p-1. The summed E-state index contributed by atoms with van der Waals surface area (Å²) in [5.41, 5.74) is 1.75. The molecule has 3 aromatic carbocycles. The lowest BCUT2D eigenvalue weighted by Gasteiger charge is -2.11. The lowest BCUT2D eigenvalue weighted by atomic mass is 10.0. The van der Waals surface area contributed by atoms with Crippen molar-refractivity contribution in [1.29, 1.82) is 0 Å². The van der Waals surface area contributed by atoms with Crippen LogP contribution in [-0.4, -0.2) is 25.0 Å². The molecule has 120 valence electrons. The highest BCUT2D eigenvalue weighted by molar-refractivity contribution is 6.14. The molecular formula is C22H13AlN2O. The van der Waals surface area contributed by atoms with E-state index in [0.717, 1.165) is 43.5 Å². The molecule has 5 rings (SSSR count). The minimum absolute atomic E-state index is 0.0219. The summed E-state index contributed by atoms with van der Waals surface area (Å²) in [6.07, 6.45) is 1.97. The Morgan fingerprint density at radius 2 is 1.54 bits per heavy atom. The second kappa shape index (κ2) is 5.81. The maximum Gasteiger partial charge on any atom is 0.323 e. The number of hydrogen-bond acceptors (Lipinski definition) is 2. The van der Waals surface area contributed by atoms with Crippen molar-refractivity contribution in [2.75, 3.05) is 0 Å². The highest BCUT2D eigenvalue weighted by atomic mass is 27.1. The van der Waals surface area contributed by atoms with Crippen molar-refractivity contribution in [2.45, 2.75) is 0 Å². The van der Waals surface area contributed by atoms with Crippen molar-refractivity contribution >= 4 is 55.0 Å². The summed E-state index contributed by atoms with van der Waals surface area (Å²) in [6, 6.07) is 24.0. The van der Waals surface area contributed by atoms with Crippen molar-refractivity contribution in [3.05, 3.63) is 94.2 Å². The maximum absolute atomic E-state index is 12.9. The van der Waals surface area contributed by atoms with Crippen LogP contribution in [0.25, 0.3) is 38.5 Å². The third-order valence-corrected chi connectivity index (χ3v) is 5.31. The van der Waals surface area contributed by atoms with Crippen LogP contribution < -0.4 is 10.9 Å². The first-order chi connectivity index (χ1) is 12.7. The molecule has 0 N–H and O–H groups in total. The molecule has 4 heteroatoms. The highest BCUT2D eigenvalue weighted by Gasteiger charge is 2.08. The summed E-state index contributed by atoms with van der Waals surface area (Å²) >= 11 is 2.55. The van der Waals surface area contributed by atoms with Crippen molar-refractivity contribution in [3.63, 3.8) is 0 Å². The van der Waals surface area contributed by atoms with Crippen LogP contribution in [0.4, 0.5) is 0 Å². The van der Waals surface area contributed by atoms with E-state index in [4.69, 9.17) is 4.98 Å². The second-order valence-corrected chi connectivity index (χ2v) is 6.86. The molecular weight excluding hydrogens is 335 g/mol. The van der Waals surface area contributed by atoms with Gasteiger partial charge in [0.05, 0.1) is 11.2 Å². The summed E-state index contributed by atoms with van der Waals surface area (Å²) in [5.74, 6) is 0. The average molecular weight is 348 g/mol. The first-order valence-corrected chi connectivity index (χ1v) is 8.93. The van der Waals surface area contributed by atoms with Crippen LogP contribution >= 0.6 is 0 Å². The number of benzene rings is 3. The number of para-hydroxylation sites is 1. The van der Waals surface area contributed by atoms with Crippen molar-refractivity contribution in [2.24, 2.45) is 0 Å². The molecule has 0 aliphatic carbocycles. The van der Waals surface area contributed by atoms with Crippen LogP contribution in [0.1, 0.15) is 5.69 Å². The van der Waals surface area contributed by atoms with Crippen molar-refractivity contribution in [3.8, 4) is 0 Å². The van der Waals surface area contributed by atoms with E-state index >= 15 is 0 Å². The Morgan fingerprint density at radius 1 is 0.808 bits per heavy atom. The number of fused-ring (bicyclic) bond motifs is 1. The van der Waals surface area contributed by atoms with Gasteiger partial charge in [-0.15, -0.1) is 0 Å². The Kier molecular flexibility index (Phi) is 3.43. The Balaban J connectivity index is 1.91. The first-order valence-electron chi connectivity index (χ1n) is 8.41. The van der Waals surface area contributed by atoms with Crippen LogP contribution in [0.2, 0.25) is 0 Å². The summed E-state index contributed by atoms with van der Waals surface area (Å²) in [7, 11) is 0. The van der Waals surface area contributed by atoms with Crippen LogP contribution in [0.15, 0.2) is 77.6 Å². The maximum atomic E-state index is 12.9. The van der Waals surface area contributed by atoms with E-state index in [9.17, 15) is 4.79 Å². The van der Waals surface area contributed by atoms with Crippen molar-refractivity contribution in [1.82, 2.24) is 8.53 Å². The van der Waals surface area contributed by atoms with Gasteiger partial charge in [-0.25, -0.2) is 4.98 Å². The third kappa shape index (κ3) is 2.28. The lowest BCUT2D eigenvalue weighted by molar-refractivity contribution is 1.11. The van der Waals surface area contributed by atoms with Gasteiger partial charge in [0.2, 0.25) is 5.56 Å². The molecule has 5 aromatic rings. The zero-order valence-corrected chi connectivity index (χ0v) is 15.0. The largest absolute Gasteiger partial charge is 0.420 e. The summed E-state index contributed by atoms with van der Waals surface area (Å²) < 4.78 is 1.63. The topological polar surface area (TPSA) is 34.9 Å². The fourth-order valence-electron chi connectivity index (χ4n) is 3.55. The van der Waals surface area contributed by atoms with Gasteiger partial charge < -0.3 is 3.55 Å². The molecule has 0 fully saturated rings. The molecule has 0 aliphatic heterocycles. The van der Waals surface area contributed by atoms with E-state index in [0.29, 0.717) is 0 Å². The Bertz CT molecular complexity index is 1410. The summed E-state index contributed by atoms with van der Waals surface area (Å²) in [6.45, 7) is 0. The van der Waals surface area contributed by atoms with Crippen molar-refractivity contribution < 1.29 is 0 Å². The molecule has 0 spiro atoms. The smallest absolute Gasteiger partial charge is 0.323 e. The normalized spacial score (nSPS) is 12.4. The Hall–Kier alpha value is -2.93. The van der Waals surface area contributed by atoms with E-state index in [1.165, 1.54) is 0 Å². The van der Waals surface area contributed by atoms with Gasteiger partial charge in [-0.05, 0) is 29.7 Å². The van der Waals surface area contributed by atoms with Crippen LogP contribution in [-0.2, 0) is 0 Å². The number of aromatic nitrogens is 2. The molecule has 0 saturated carbocycles. The predicted molar refractivity (Wildman–Crippen MR) is 107 cm³/mol. The molecule has 0 unspecified atom stereocenters. The van der Waals surface area contributed by atoms with Gasteiger partial charge in [-0.3, -0.25) is 4.79 Å². The van der Waals surface area contributed by atoms with Gasteiger partial charge in [0.25, 0.3) is 0 Å². The van der Waals surface area contributed by atoms with Crippen LogP contribution in [0, 0.1) is 0 Å². The van der Waals surface area contributed by atoms with Gasteiger partial charge in [-0.2, -0.15) is 0 Å². The summed E-state index contributed by atoms with van der Waals surface area (Å²) in [5, 5.41) is 5.80. The van der Waals surface area contributed by atoms with E-state index < -0.39 is 0 Å². The fraction of sp³-hybridized carbons (Fsp3) is 0. The average Bonchev–Trinajstić information content (AvgIpc) is 2.69. The Labute approximate surface area is 157 Å². The zero-order valence-electron chi connectivity index (χ0n) is 13.9. The van der Waals surface area contributed by atoms with Gasteiger partial charge >= 0.3 is 16.5 Å². The fourth-order valence-corrected chi connectivity index (χ4v) is 3.90. The number of hydrogen-bond donors (Lipinski definition) is 0. The molecule has 0 saturated heterocycles. The zero-order chi connectivity index (χ0) is 17.7. The van der Waals surface area contributed by atoms with E-state index in [1.54, 1.807) is 3.55 Å². The van der Waals surface area contributed by atoms with E-state index in [2.05, 4.69) is 28.6 Å². The second-order valence-electron chi connectivity index (χ2n) is 6.34. The molecule has 26 heavy (non-hydrogen) atoms. The third-order valence-electron chi connectivity index (χ3n) is 4.79. The number of rotatable bonds is 1. The minimum Gasteiger partial charge on any atom is -0.420 e. The first kappa shape index (κ1) is 15.3. The Morgan fingerprint density at radius 3 is 2.38 bits per heavy atom. The number of nitrogens with zero attached hydrogens (tertiary/aromatic N) is 2. The molecule has 3 nitrogen and oxygen atoms in total. The molecule has 0 amide bonds. The quantitative estimate of drug-likeness (QED) is 0.436. The summed E-state index contributed by atoms with van der Waals surface area (Å²) in [4.78, 5) is 17.6. The molecule has 2 heterocycles. The van der Waals surface area contributed by atoms with Gasteiger partial charge in [0.15, 0.2) is 0 Å². The lowest BCUT2D eigenvalue weighted by Crippen LogP contribution is -2.33. The molecule has 2 aromatic heterocycles. The van der Waals surface area contributed by atoms with E-state index in [1.807, 2.05) is 66.7 Å². The van der Waals surface area contributed by atoms with Gasteiger partial charge in [0.1, 0.15) is 0 Å². The van der Waals surface area contributed by atoms with Gasteiger partial charge in [0, 0.05) is 26.9 Å². The highest BCUT2D eigenvalue weighted by Crippen LogP contribution is 2.22. The van der Waals surface area contributed by atoms with Crippen LogP contribution in [0.5, 0.6) is 0 Å². The monoisotopic (exact) mass is 348 g/mol. The molecule has 2 radical (unpaired) electrons. The van der Waals surface area contributed by atoms with E-state index in [-0.39, 0.29) is 5.56 Å². The predicted octanol–water partition coefficient (Wildman–Crippen LogP) is 3.18. The molecule has 0 bridgehead atoms. The van der Waals surface area contributed by atoms with Gasteiger partial charge in [-0.1, -0.05) is 54.6 Å². The molecule has 0 aliphatic rings. The number of pyridine rings is 2. The SMILES string of the molecule is O=c1c2cccc3cccc(/c(=C/c4ccc5ccccc5n4)[n]1[Al])c32. The molecule has 0 atom stereocenters.